The average Bonchev–Trinajstić information content (AvgIpc) is 2.51. The molecule has 0 unspecified atom stereocenters. The standard InChI is InChI=1S/C17H21N3O/c1-4-9-18-14-8-10-19-16(12-14)17(21)20(3)15-7-5-6-13(2)11-15/h5-8,10-12H,4,9H2,1-3H3,(H,18,19). The molecule has 2 aromatic rings. The van der Waals surface area contributed by atoms with Gasteiger partial charge in [0.25, 0.3) is 5.91 Å². The molecule has 0 aliphatic rings. The number of hydrogen-bond donors (Lipinski definition) is 1. The number of anilines is 2. The second-order valence-electron chi connectivity index (χ2n) is 5.06. The van der Waals surface area contributed by atoms with Gasteiger partial charge in [0.05, 0.1) is 0 Å². The van der Waals surface area contributed by atoms with Crippen molar-refractivity contribution in [2.45, 2.75) is 20.3 Å². The summed E-state index contributed by atoms with van der Waals surface area (Å²) < 4.78 is 0. The number of aryl methyl sites for hydroxylation is 1. The third kappa shape index (κ3) is 3.81. The Kier molecular flexibility index (Phi) is 4.93. The molecule has 0 fully saturated rings. The SMILES string of the molecule is CCCNc1ccnc(C(=O)N(C)c2cccc(C)c2)c1. The number of benzene rings is 1. The highest BCUT2D eigenvalue weighted by Crippen LogP contribution is 2.17. The molecule has 0 spiro atoms. The molecule has 4 heteroatoms. The molecular weight excluding hydrogens is 262 g/mol. The van der Waals surface area contributed by atoms with E-state index in [4.69, 9.17) is 0 Å². The van der Waals surface area contributed by atoms with Crippen LogP contribution in [0, 0.1) is 6.92 Å². The van der Waals surface area contributed by atoms with Gasteiger partial charge >= 0.3 is 0 Å². The predicted molar refractivity (Wildman–Crippen MR) is 86.9 cm³/mol. The molecule has 0 aliphatic carbocycles. The summed E-state index contributed by atoms with van der Waals surface area (Å²) in [5.74, 6) is -0.110. The van der Waals surface area contributed by atoms with Crippen LogP contribution in [0.25, 0.3) is 0 Å². The quantitative estimate of drug-likeness (QED) is 0.913. The molecule has 21 heavy (non-hydrogen) atoms. The van der Waals surface area contributed by atoms with Crippen LogP contribution in [0.1, 0.15) is 29.4 Å². The van der Waals surface area contributed by atoms with E-state index in [-0.39, 0.29) is 5.91 Å². The molecule has 0 atom stereocenters. The number of hydrogen-bond acceptors (Lipinski definition) is 3. The Morgan fingerprint density at radius 1 is 1.29 bits per heavy atom. The fourth-order valence-corrected chi connectivity index (χ4v) is 2.05. The summed E-state index contributed by atoms with van der Waals surface area (Å²) in [7, 11) is 1.77. The Labute approximate surface area is 125 Å². The van der Waals surface area contributed by atoms with Crippen LogP contribution in [0.2, 0.25) is 0 Å². The van der Waals surface area contributed by atoms with E-state index in [1.54, 1.807) is 24.2 Å². The van der Waals surface area contributed by atoms with Gasteiger partial charge in [-0.2, -0.15) is 0 Å². The van der Waals surface area contributed by atoms with Gasteiger partial charge in [-0.3, -0.25) is 9.78 Å². The largest absolute Gasteiger partial charge is 0.385 e. The first-order valence-electron chi connectivity index (χ1n) is 7.16. The predicted octanol–water partition coefficient (Wildman–Crippen LogP) is 3.49. The van der Waals surface area contributed by atoms with Crippen molar-refractivity contribution < 1.29 is 4.79 Å². The lowest BCUT2D eigenvalue weighted by Gasteiger charge is -2.17. The summed E-state index contributed by atoms with van der Waals surface area (Å²) in [6.45, 7) is 4.99. The third-order valence-corrected chi connectivity index (χ3v) is 3.25. The van der Waals surface area contributed by atoms with Gasteiger partial charge in [-0.1, -0.05) is 19.1 Å². The Morgan fingerprint density at radius 2 is 2.10 bits per heavy atom. The minimum absolute atomic E-state index is 0.110. The first-order valence-corrected chi connectivity index (χ1v) is 7.16. The van der Waals surface area contributed by atoms with E-state index < -0.39 is 0 Å². The van der Waals surface area contributed by atoms with Gasteiger partial charge in [0.1, 0.15) is 5.69 Å². The maximum Gasteiger partial charge on any atom is 0.276 e. The van der Waals surface area contributed by atoms with Gasteiger partial charge in [-0.05, 0) is 43.2 Å². The van der Waals surface area contributed by atoms with Crippen molar-refractivity contribution >= 4 is 17.3 Å². The first-order chi connectivity index (χ1) is 10.1. The third-order valence-electron chi connectivity index (χ3n) is 3.25. The van der Waals surface area contributed by atoms with Crippen LogP contribution < -0.4 is 10.2 Å². The first kappa shape index (κ1) is 15.0. The zero-order chi connectivity index (χ0) is 15.2. The number of carbonyl (C=O) groups is 1. The number of nitrogens with zero attached hydrogens (tertiary/aromatic N) is 2. The van der Waals surface area contributed by atoms with Crippen molar-refractivity contribution in [3.8, 4) is 0 Å². The van der Waals surface area contributed by atoms with E-state index in [0.29, 0.717) is 5.69 Å². The Hall–Kier alpha value is -2.36. The van der Waals surface area contributed by atoms with Crippen LogP contribution in [0.3, 0.4) is 0 Å². The average molecular weight is 283 g/mol. The van der Waals surface area contributed by atoms with E-state index >= 15 is 0 Å². The highest BCUT2D eigenvalue weighted by molar-refractivity contribution is 6.04. The molecule has 0 aliphatic heterocycles. The van der Waals surface area contributed by atoms with Crippen molar-refractivity contribution in [1.82, 2.24) is 4.98 Å². The number of nitrogens with one attached hydrogen (secondary N) is 1. The highest BCUT2D eigenvalue weighted by atomic mass is 16.2. The van der Waals surface area contributed by atoms with E-state index in [1.807, 2.05) is 37.3 Å². The number of amides is 1. The molecule has 1 aromatic carbocycles. The number of aromatic nitrogens is 1. The molecule has 2 rings (SSSR count). The molecular formula is C17H21N3O. The van der Waals surface area contributed by atoms with Crippen molar-refractivity contribution in [2.24, 2.45) is 0 Å². The normalized spacial score (nSPS) is 10.2. The highest BCUT2D eigenvalue weighted by Gasteiger charge is 2.15. The van der Waals surface area contributed by atoms with Crippen LogP contribution >= 0.6 is 0 Å². The number of rotatable bonds is 5. The maximum atomic E-state index is 12.5. The van der Waals surface area contributed by atoms with Gasteiger partial charge in [0.15, 0.2) is 0 Å². The van der Waals surface area contributed by atoms with Crippen molar-refractivity contribution in [3.63, 3.8) is 0 Å². The molecule has 0 bridgehead atoms. The van der Waals surface area contributed by atoms with Crippen LogP contribution in [-0.4, -0.2) is 24.5 Å². The molecule has 1 amide bonds. The van der Waals surface area contributed by atoms with Crippen molar-refractivity contribution in [1.29, 1.82) is 0 Å². The number of pyridine rings is 1. The maximum absolute atomic E-state index is 12.5. The van der Waals surface area contributed by atoms with Crippen LogP contribution in [0.15, 0.2) is 42.6 Å². The molecule has 0 saturated heterocycles. The van der Waals surface area contributed by atoms with E-state index in [9.17, 15) is 4.79 Å². The van der Waals surface area contributed by atoms with E-state index in [2.05, 4.69) is 17.2 Å². The minimum atomic E-state index is -0.110. The lowest BCUT2D eigenvalue weighted by molar-refractivity contribution is 0.0988. The Balaban J connectivity index is 2.19. The smallest absolute Gasteiger partial charge is 0.276 e. The zero-order valence-electron chi connectivity index (χ0n) is 12.8. The van der Waals surface area contributed by atoms with Crippen LogP contribution in [-0.2, 0) is 0 Å². The van der Waals surface area contributed by atoms with Crippen molar-refractivity contribution in [2.75, 3.05) is 23.8 Å². The lowest BCUT2D eigenvalue weighted by atomic mass is 10.2. The second-order valence-corrected chi connectivity index (χ2v) is 5.06. The summed E-state index contributed by atoms with van der Waals surface area (Å²) >= 11 is 0. The monoisotopic (exact) mass is 283 g/mol. The molecule has 1 aromatic heterocycles. The molecule has 110 valence electrons. The molecule has 0 saturated carbocycles. The molecule has 1 N–H and O–H groups in total. The second kappa shape index (κ2) is 6.88. The van der Waals surface area contributed by atoms with E-state index in [1.165, 1.54) is 0 Å². The molecule has 0 radical (unpaired) electrons. The summed E-state index contributed by atoms with van der Waals surface area (Å²) in [6, 6.07) is 11.5. The van der Waals surface area contributed by atoms with Gasteiger partial charge in [0, 0.05) is 31.2 Å². The van der Waals surface area contributed by atoms with Crippen LogP contribution in [0.5, 0.6) is 0 Å². The summed E-state index contributed by atoms with van der Waals surface area (Å²) in [6.07, 6.45) is 2.70. The zero-order valence-corrected chi connectivity index (χ0v) is 12.8. The van der Waals surface area contributed by atoms with Crippen molar-refractivity contribution in [3.05, 3.63) is 53.9 Å². The fourth-order valence-electron chi connectivity index (χ4n) is 2.05. The molecule has 1 heterocycles. The van der Waals surface area contributed by atoms with Gasteiger partial charge in [-0.15, -0.1) is 0 Å². The topological polar surface area (TPSA) is 45.2 Å². The van der Waals surface area contributed by atoms with Gasteiger partial charge < -0.3 is 10.2 Å². The Morgan fingerprint density at radius 3 is 2.81 bits per heavy atom. The fraction of sp³-hybridized carbons (Fsp3) is 0.294. The van der Waals surface area contributed by atoms with E-state index in [0.717, 1.165) is 29.9 Å². The van der Waals surface area contributed by atoms with Crippen LogP contribution in [0.4, 0.5) is 11.4 Å². The van der Waals surface area contributed by atoms with Gasteiger partial charge in [0.2, 0.25) is 0 Å². The Bertz CT molecular complexity index is 625. The molecule has 4 nitrogen and oxygen atoms in total. The summed E-state index contributed by atoms with van der Waals surface area (Å²) in [5, 5.41) is 3.27. The summed E-state index contributed by atoms with van der Waals surface area (Å²) in [4.78, 5) is 18.3. The number of carbonyl (C=O) groups excluding carboxylic acids is 1. The minimum Gasteiger partial charge on any atom is -0.385 e. The van der Waals surface area contributed by atoms with Gasteiger partial charge in [-0.25, -0.2) is 0 Å². The summed E-state index contributed by atoms with van der Waals surface area (Å²) in [5.41, 5.74) is 3.36. The lowest BCUT2D eigenvalue weighted by Crippen LogP contribution is -2.27.